The van der Waals surface area contributed by atoms with Gasteiger partial charge in [-0.25, -0.2) is 0 Å². The fraction of sp³-hybridized carbons (Fsp3) is 0. The molecule has 2 aromatic heterocycles. The van der Waals surface area contributed by atoms with Crippen LogP contribution in [-0.2, 0) is 0 Å². The maximum absolute atomic E-state index is 6.24. The van der Waals surface area contributed by atoms with Crippen molar-refractivity contribution in [1.29, 1.82) is 0 Å². The van der Waals surface area contributed by atoms with Gasteiger partial charge in [0.1, 0.15) is 11.2 Å². The molecule has 196 valence electrons. The number of hydrogen-bond acceptors (Lipinski definition) is 1. The molecule has 0 spiro atoms. The molecule has 0 fully saturated rings. The molecule has 42 heavy (non-hydrogen) atoms. The molecule has 0 saturated heterocycles. The maximum atomic E-state index is 6.24. The number of furan rings is 1. The Labute approximate surface area is 242 Å². The number of benzene rings is 7. The van der Waals surface area contributed by atoms with E-state index >= 15 is 0 Å². The van der Waals surface area contributed by atoms with Crippen molar-refractivity contribution in [2.45, 2.75) is 0 Å². The second-order valence-corrected chi connectivity index (χ2v) is 11.0. The summed E-state index contributed by atoms with van der Waals surface area (Å²) in [7, 11) is 0. The van der Waals surface area contributed by atoms with Crippen molar-refractivity contribution in [2.24, 2.45) is 0 Å². The predicted octanol–water partition coefficient (Wildman–Crippen LogP) is 11.2. The van der Waals surface area contributed by atoms with E-state index < -0.39 is 0 Å². The van der Waals surface area contributed by atoms with Crippen LogP contribution in [0.25, 0.3) is 82.5 Å². The Bertz CT molecular complexity index is 2390. The van der Waals surface area contributed by atoms with Crippen molar-refractivity contribution in [3.8, 4) is 27.9 Å². The van der Waals surface area contributed by atoms with Crippen molar-refractivity contribution >= 4 is 54.5 Å². The molecule has 0 aliphatic heterocycles. The van der Waals surface area contributed by atoms with Gasteiger partial charge in [-0.2, -0.15) is 0 Å². The van der Waals surface area contributed by atoms with Gasteiger partial charge in [0.2, 0.25) is 0 Å². The van der Waals surface area contributed by atoms with Crippen LogP contribution in [0.2, 0.25) is 0 Å². The Hall–Kier alpha value is -5.60. The summed E-state index contributed by atoms with van der Waals surface area (Å²) >= 11 is 0. The quantitative estimate of drug-likeness (QED) is 0.220. The third kappa shape index (κ3) is 3.45. The van der Waals surface area contributed by atoms with E-state index in [0.717, 1.165) is 22.2 Å². The summed E-state index contributed by atoms with van der Waals surface area (Å²) < 4.78 is 8.67. The maximum Gasteiger partial charge on any atom is 0.136 e. The number of para-hydroxylation sites is 2. The Balaban J connectivity index is 1.39. The molecular weight excluding hydrogens is 510 g/mol. The van der Waals surface area contributed by atoms with Gasteiger partial charge in [0.05, 0.1) is 11.0 Å². The second kappa shape index (κ2) is 8.95. The van der Waals surface area contributed by atoms with Gasteiger partial charge in [-0.05, 0) is 81.6 Å². The molecule has 0 N–H and O–H groups in total. The predicted molar refractivity (Wildman–Crippen MR) is 176 cm³/mol. The van der Waals surface area contributed by atoms with E-state index in [-0.39, 0.29) is 0 Å². The summed E-state index contributed by atoms with van der Waals surface area (Å²) in [5.74, 6) is 0. The summed E-state index contributed by atoms with van der Waals surface area (Å²) in [5.41, 5.74) is 10.2. The molecule has 0 aliphatic rings. The van der Waals surface area contributed by atoms with E-state index in [1.807, 2.05) is 6.07 Å². The molecule has 7 aromatic carbocycles. The molecule has 2 heterocycles. The molecule has 2 nitrogen and oxygen atoms in total. The summed E-state index contributed by atoms with van der Waals surface area (Å²) in [5, 5.41) is 7.24. The average molecular weight is 536 g/mol. The summed E-state index contributed by atoms with van der Waals surface area (Å²) in [6.07, 6.45) is 0. The van der Waals surface area contributed by atoms with Gasteiger partial charge < -0.3 is 8.98 Å². The molecule has 0 atom stereocenters. The van der Waals surface area contributed by atoms with E-state index in [0.29, 0.717) is 0 Å². The third-order valence-electron chi connectivity index (χ3n) is 8.54. The van der Waals surface area contributed by atoms with Crippen LogP contribution in [0.5, 0.6) is 0 Å². The fourth-order valence-electron chi connectivity index (χ4n) is 6.62. The van der Waals surface area contributed by atoms with E-state index in [1.54, 1.807) is 0 Å². The van der Waals surface area contributed by atoms with Gasteiger partial charge in [0.15, 0.2) is 0 Å². The lowest BCUT2D eigenvalue weighted by atomic mass is 9.98. The minimum absolute atomic E-state index is 0.925. The van der Waals surface area contributed by atoms with E-state index in [2.05, 4.69) is 150 Å². The monoisotopic (exact) mass is 535 g/mol. The SMILES string of the molecule is c1ccc(-c2cc(-c3ccccc3)cc(-n3c4ccccc4c4cc5c(ccc6oc7ccccc7c65)cc43)c2)cc1. The highest BCUT2D eigenvalue weighted by atomic mass is 16.3. The van der Waals surface area contributed by atoms with Crippen LogP contribution in [0.3, 0.4) is 0 Å². The van der Waals surface area contributed by atoms with Gasteiger partial charge in [0.25, 0.3) is 0 Å². The van der Waals surface area contributed by atoms with Gasteiger partial charge in [-0.3, -0.25) is 0 Å². The number of nitrogens with zero attached hydrogens (tertiary/aromatic N) is 1. The van der Waals surface area contributed by atoms with Crippen LogP contribution in [0.1, 0.15) is 0 Å². The summed E-state index contributed by atoms with van der Waals surface area (Å²) in [6.45, 7) is 0. The first-order chi connectivity index (χ1) is 20.8. The standard InChI is InChI=1S/C40H25NO/c1-3-11-26(12-4-1)29-21-30(27-13-5-2-6-14-27)23-31(22-29)41-36-17-9-7-15-32(36)35-25-34-28(24-37(35)41)19-20-39-40(34)33-16-8-10-18-38(33)42-39/h1-25H. The summed E-state index contributed by atoms with van der Waals surface area (Å²) in [4.78, 5) is 0. The highest BCUT2D eigenvalue weighted by molar-refractivity contribution is 6.23. The zero-order chi connectivity index (χ0) is 27.6. The lowest BCUT2D eigenvalue weighted by Gasteiger charge is -2.14. The number of rotatable bonds is 3. The smallest absolute Gasteiger partial charge is 0.136 e. The molecule has 2 heteroatoms. The third-order valence-corrected chi connectivity index (χ3v) is 8.54. The largest absolute Gasteiger partial charge is 0.456 e. The zero-order valence-electron chi connectivity index (χ0n) is 22.8. The second-order valence-electron chi connectivity index (χ2n) is 11.0. The van der Waals surface area contributed by atoms with E-state index in [9.17, 15) is 0 Å². The Kier molecular flexibility index (Phi) is 4.93. The van der Waals surface area contributed by atoms with Gasteiger partial charge in [0, 0.05) is 27.2 Å². The lowest BCUT2D eigenvalue weighted by Crippen LogP contribution is -1.96. The fourth-order valence-corrected chi connectivity index (χ4v) is 6.62. The Morgan fingerprint density at radius 1 is 0.381 bits per heavy atom. The minimum Gasteiger partial charge on any atom is -0.456 e. The van der Waals surface area contributed by atoms with Crippen molar-refractivity contribution in [1.82, 2.24) is 4.57 Å². The first-order valence-electron chi connectivity index (χ1n) is 14.4. The van der Waals surface area contributed by atoms with Crippen molar-refractivity contribution < 1.29 is 4.42 Å². The van der Waals surface area contributed by atoms with Gasteiger partial charge in [-0.15, -0.1) is 0 Å². The van der Waals surface area contributed by atoms with Gasteiger partial charge in [-0.1, -0.05) is 103 Å². The highest BCUT2D eigenvalue weighted by Gasteiger charge is 2.17. The molecule has 9 aromatic rings. The zero-order valence-corrected chi connectivity index (χ0v) is 22.8. The van der Waals surface area contributed by atoms with Crippen LogP contribution >= 0.6 is 0 Å². The van der Waals surface area contributed by atoms with Crippen molar-refractivity contribution in [2.75, 3.05) is 0 Å². The van der Waals surface area contributed by atoms with E-state index in [4.69, 9.17) is 4.42 Å². The molecule has 0 saturated carbocycles. The summed E-state index contributed by atoms with van der Waals surface area (Å²) in [6, 6.07) is 54.4. The average Bonchev–Trinajstić information content (AvgIpc) is 3.60. The van der Waals surface area contributed by atoms with Crippen molar-refractivity contribution in [3.63, 3.8) is 0 Å². The molecule has 9 rings (SSSR count). The van der Waals surface area contributed by atoms with Crippen molar-refractivity contribution in [3.05, 3.63) is 152 Å². The van der Waals surface area contributed by atoms with Crippen LogP contribution in [0.15, 0.2) is 156 Å². The molecule has 0 bridgehead atoms. The van der Waals surface area contributed by atoms with E-state index in [1.165, 1.54) is 60.2 Å². The van der Waals surface area contributed by atoms with Crippen LogP contribution in [0, 0.1) is 0 Å². The van der Waals surface area contributed by atoms with Gasteiger partial charge >= 0.3 is 0 Å². The van der Waals surface area contributed by atoms with Crippen LogP contribution < -0.4 is 0 Å². The molecule has 0 unspecified atom stereocenters. The Morgan fingerprint density at radius 2 is 1.02 bits per heavy atom. The molecule has 0 radical (unpaired) electrons. The number of aromatic nitrogens is 1. The lowest BCUT2D eigenvalue weighted by molar-refractivity contribution is 0.669. The first-order valence-corrected chi connectivity index (χ1v) is 14.4. The van der Waals surface area contributed by atoms with Crippen LogP contribution in [0.4, 0.5) is 0 Å². The Morgan fingerprint density at radius 3 is 1.76 bits per heavy atom. The molecule has 0 amide bonds. The van der Waals surface area contributed by atoms with Crippen LogP contribution in [-0.4, -0.2) is 4.57 Å². The highest BCUT2D eigenvalue weighted by Crippen LogP contribution is 2.41. The number of hydrogen-bond donors (Lipinski definition) is 0. The molecular formula is C40H25NO. The molecule has 0 aliphatic carbocycles. The first kappa shape index (κ1) is 23.1. The topological polar surface area (TPSA) is 18.1 Å². The normalized spacial score (nSPS) is 11.8. The number of fused-ring (bicyclic) bond motifs is 8. The minimum atomic E-state index is 0.925.